The predicted octanol–water partition coefficient (Wildman–Crippen LogP) is 4.81. The van der Waals surface area contributed by atoms with Gasteiger partial charge in [-0.3, -0.25) is 0 Å². The Bertz CT molecular complexity index is 597. The van der Waals surface area contributed by atoms with Gasteiger partial charge in [-0.2, -0.15) is 0 Å². The van der Waals surface area contributed by atoms with Crippen LogP contribution in [0.5, 0.6) is 5.75 Å². The first-order chi connectivity index (χ1) is 8.97. The standard InChI is InChI=1S/C13H9Br2F2NO/c14-8-1-2-12(19)7(3-8)6-18-13-10(16)4-9(15)5-11(13)17/h1-5,18-19H,6H2. The monoisotopic (exact) mass is 391 g/mol. The largest absolute Gasteiger partial charge is 0.508 e. The van der Waals surface area contributed by atoms with Crippen LogP contribution in [0.4, 0.5) is 14.5 Å². The van der Waals surface area contributed by atoms with Crippen LogP contribution in [0.1, 0.15) is 5.56 Å². The van der Waals surface area contributed by atoms with Crippen molar-refractivity contribution in [2.24, 2.45) is 0 Å². The lowest BCUT2D eigenvalue weighted by atomic mass is 10.2. The molecule has 2 rings (SSSR count). The zero-order chi connectivity index (χ0) is 14.0. The van der Waals surface area contributed by atoms with E-state index in [0.717, 1.165) is 4.47 Å². The van der Waals surface area contributed by atoms with Crippen LogP contribution in [-0.2, 0) is 6.54 Å². The van der Waals surface area contributed by atoms with Crippen molar-refractivity contribution in [2.75, 3.05) is 5.32 Å². The van der Waals surface area contributed by atoms with Crippen LogP contribution in [0.25, 0.3) is 0 Å². The highest BCUT2D eigenvalue weighted by Gasteiger charge is 2.11. The summed E-state index contributed by atoms with van der Waals surface area (Å²) in [6.45, 7) is 0.112. The van der Waals surface area contributed by atoms with Gasteiger partial charge in [0.25, 0.3) is 0 Å². The Morgan fingerprint density at radius 3 is 2.26 bits per heavy atom. The van der Waals surface area contributed by atoms with Crippen LogP contribution >= 0.6 is 31.9 Å². The first-order valence-corrected chi connectivity index (χ1v) is 6.92. The van der Waals surface area contributed by atoms with Gasteiger partial charge in [0.2, 0.25) is 0 Å². The van der Waals surface area contributed by atoms with Gasteiger partial charge in [0.15, 0.2) is 0 Å². The van der Waals surface area contributed by atoms with Gasteiger partial charge in [-0.05, 0) is 30.3 Å². The summed E-state index contributed by atoms with van der Waals surface area (Å²) in [7, 11) is 0. The molecule has 0 heterocycles. The first kappa shape index (κ1) is 14.3. The molecular weight excluding hydrogens is 384 g/mol. The lowest BCUT2D eigenvalue weighted by molar-refractivity contribution is 0.469. The molecule has 2 N–H and O–H groups in total. The molecule has 100 valence electrons. The number of nitrogens with one attached hydrogen (secondary N) is 1. The summed E-state index contributed by atoms with van der Waals surface area (Å²) in [4.78, 5) is 0. The summed E-state index contributed by atoms with van der Waals surface area (Å²) in [6, 6.07) is 7.21. The van der Waals surface area contributed by atoms with E-state index in [1.54, 1.807) is 12.1 Å². The molecule has 2 aromatic carbocycles. The maximum Gasteiger partial charge on any atom is 0.150 e. The minimum Gasteiger partial charge on any atom is -0.508 e. The molecule has 6 heteroatoms. The third-order valence-corrected chi connectivity index (χ3v) is 3.46. The third-order valence-electron chi connectivity index (χ3n) is 2.50. The molecule has 19 heavy (non-hydrogen) atoms. The predicted molar refractivity (Wildman–Crippen MR) is 77.2 cm³/mol. The summed E-state index contributed by atoms with van der Waals surface area (Å²) in [6.07, 6.45) is 0. The SMILES string of the molecule is Oc1ccc(Br)cc1CNc1c(F)cc(Br)cc1F. The Morgan fingerprint density at radius 1 is 1.00 bits per heavy atom. The van der Waals surface area contributed by atoms with Crippen molar-refractivity contribution in [3.05, 3.63) is 56.5 Å². The van der Waals surface area contributed by atoms with E-state index in [-0.39, 0.29) is 18.0 Å². The van der Waals surface area contributed by atoms with E-state index in [2.05, 4.69) is 37.2 Å². The molecule has 0 aliphatic carbocycles. The van der Waals surface area contributed by atoms with E-state index >= 15 is 0 Å². The second-order valence-electron chi connectivity index (χ2n) is 3.87. The van der Waals surface area contributed by atoms with E-state index in [4.69, 9.17) is 0 Å². The molecule has 0 saturated carbocycles. The molecule has 0 aromatic heterocycles. The molecule has 2 nitrogen and oxygen atoms in total. The van der Waals surface area contributed by atoms with Crippen molar-refractivity contribution in [3.63, 3.8) is 0 Å². The summed E-state index contributed by atoms with van der Waals surface area (Å²) in [5.74, 6) is -1.32. The Kier molecular flexibility index (Phi) is 4.42. The highest BCUT2D eigenvalue weighted by atomic mass is 79.9. The molecule has 0 bridgehead atoms. The topological polar surface area (TPSA) is 32.3 Å². The van der Waals surface area contributed by atoms with E-state index in [9.17, 15) is 13.9 Å². The maximum atomic E-state index is 13.6. The van der Waals surface area contributed by atoms with Gasteiger partial charge in [0.05, 0.1) is 0 Å². The lowest BCUT2D eigenvalue weighted by Crippen LogP contribution is -2.04. The van der Waals surface area contributed by atoms with E-state index in [1.807, 2.05) is 0 Å². The van der Waals surface area contributed by atoms with Crippen molar-refractivity contribution in [1.29, 1.82) is 0 Å². The minimum atomic E-state index is -0.693. The summed E-state index contributed by atoms with van der Waals surface area (Å²) in [5, 5.41) is 12.3. The molecule has 0 amide bonds. The normalized spacial score (nSPS) is 10.5. The fourth-order valence-electron chi connectivity index (χ4n) is 1.59. The molecule has 0 unspecified atom stereocenters. The Morgan fingerprint density at radius 2 is 1.63 bits per heavy atom. The Balaban J connectivity index is 2.21. The smallest absolute Gasteiger partial charge is 0.150 e. The third kappa shape index (κ3) is 3.45. The van der Waals surface area contributed by atoms with Gasteiger partial charge >= 0.3 is 0 Å². The molecule has 0 radical (unpaired) electrons. The van der Waals surface area contributed by atoms with Crippen molar-refractivity contribution in [1.82, 2.24) is 0 Å². The lowest BCUT2D eigenvalue weighted by Gasteiger charge is -2.10. The van der Waals surface area contributed by atoms with Crippen LogP contribution in [0.2, 0.25) is 0 Å². The zero-order valence-corrected chi connectivity index (χ0v) is 12.7. The molecule has 0 spiro atoms. The highest BCUT2D eigenvalue weighted by molar-refractivity contribution is 9.10. The number of aromatic hydroxyl groups is 1. The maximum absolute atomic E-state index is 13.6. The average molecular weight is 393 g/mol. The fourth-order valence-corrected chi connectivity index (χ4v) is 2.40. The first-order valence-electron chi connectivity index (χ1n) is 5.33. The van der Waals surface area contributed by atoms with E-state index in [0.29, 0.717) is 10.0 Å². The summed E-state index contributed by atoms with van der Waals surface area (Å²) >= 11 is 6.28. The van der Waals surface area contributed by atoms with Crippen LogP contribution in [0.3, 0.4) is 0 Å². The Hall–Kier alpha value is -1.14. The number of phenolic OH excluding ortho intramolecular Hbond substituents is 1. The Labute approximate surface area is 125 Å². The van der Waals surface area contributed by atoms with Gasteiger partial charge in [-0.25, -0.2) is 8.78 Å². The molecule has 0 atom stereocenters. The van der Waals surface area contributed by atoms with E-state index < -0.39 is 11.6 Å². The number of benzene rings is 2. The molecule has 2 aromatic rings. The van der Waals surface area contributed by atoms with Crippen molar-refractivity contribution in [3.8, 4) is 5.75 Å². The van der Waals surface area contributed by atoms with Crippen LogP contribution < -0.4 is 5.32 Å². The van der Waals surface area contributed by atoms with Crippen LogP contribution in [0, 0.1) is 11.6 Å². The number of anilines is 1. The van der Waals surface area contributed by atoms with Crippen molar-refractivity contribution >= 4 is 37.5 Å². The molecular formula is C13H9Br2F2NO. The highest BCUT2D eigenvalue weighted by Crippen LogP contribution is 2.26. The van der Waals surface area contributed by atoms with Gasteiger partial charge in [-0.1, -0.05) is 31.9 Å². The number of hydrogen-bond acceptors (Lipinski definition) is 2. The van der Waals surface area contributed by atoms with Crippen LogP contribution in [-0.4, -0.2) is 5.11 Å². The summed E-state index contributed by atoms with van der Waals surface area (Å²) < 4.78 is 28.3. The molecule has 0 saturated heterocycles. The molecule has 0 fully saturated rings. The number of phenols is 1. The average Bonchev–Trinajstić information content (AvgIpc) is 2.32. The second kappa shape index (κ2) is 5.88. The van der Waals surface area contributed by atoms with Crippen LogP contribution in [0.15, 0.2) is 39.3 Å². The number of hydrogen-bond donors (Lipinski definition) is 2. The zero-order valence-electron chi connectivity index (χ0n) is 9.55. The summed E-state index contributed by atoms with van der Waals surface area (Å²) in [5.41, 5.74) is 0.318. The number of halogens is 4. The minimum absolute atomic E-state index is 0.0635. The molecule has 0 aliphatic rings. The van der Waals surface area contributed by atoms with Gasteiger partial charge < -0.3 is 10.4 Å². The van der Waals surface area contributed by atoms with E-state index in [1.165, 1.54) is 18.2 Å². The fraction of sp³-hybridized carbons (Fsp3) is 0.0769. The molecule has 0 aliphatic heterocycles. The van der Waals surface area contributed by atoms with Gasteiger partial charge in [0.1, 0.15) is 23.1 Å². The second-order valence-corrected chi connectivity index (χ2v) is 5.70. The van der Waals surface area contributed by atoms with Gasteiger partial charge in [-0.15, -0.1) is 0 Å². The van der Waals surface area contributed by atoms with Crippen molar-refractivity contribution < 1.29 is 13.9 Å². The number of rotatable bonds is 3. The van der Waals surface area contributed by atoms with Gasteiger partial charge in [0, 0.05) is 21.1 Å². The van der Waals surface area contributed by atoms with Crippen molar-refractivity contribution in [2.45, 2.75) is 6.54 Å². The quantitative estimate of drug-likeness (QED) is 0.785.